The highest BCUT2D eigenvalue weighted by Crippen LogP contribution is 2.26. The molecule has 112 valence electrons. The van der Waals surface area contributed by atoms with E-state index >= 15 is 0 Å². The van der Waals surface area contributed by atoms with E-state index in [1.165, 1.54) is 6.07 Å². The average molecular weight is 280 g/mol. The van der Waals surface area contributed by atoms with E-state index < -0.39 is 0 Å². The summed E-state index contributed by atoms with van der Waals surface area (Å²) in [6, 6.07) is 5.95. The van der Waals surface area contributed by atoms with Crippen molar-refractivity contribution in [2.75, 3.05) is 25.1 Å². The first-order valence-electron chi connectivity index (χ1n) is 7.48. The Hall–Kier alpha value is -1.29. The minimum atomic E-state index is -0.167. The molecule has 2 unspecified atom stereocenters. The van der Waals surface area contributed by atoms with Crippen LogP contribution in [0.15, 0.2) is 18.2 Å². The number of benzene rings is 1. The van der Waals surface area contributed by atoms with Gasteiger partial charge in [-0.25, -0.2) is 4.39 Å². The van der Waals surface area contributed by atoms with Crippen molar-refractivity contribution in [2.45, 2.75) is 45.2 Å². The number of hydrogen-bond acceptors (Lipinski definition) is 3. The van der Waals surface area contributed by atoms with Gasteiger partial charge in [-0.15, -0.1) is 0 Å². The third-order valence-corrected chi connectivity index (χ3v) is 4.09. The molecule has 3 nitrogen and oxygen atoms in total. The summed E-state index contributed by atoms with van der Waals surface area (Å²) in [7, 11) is 1.61. The second-order valence-corrected chi connectivity index (χ2v) is 5.55. The number of hydrogen-bond donors (Lipinski definition) is 1. The zero-order chi connectivity index (χ0) is 14.5. The molecule has 1 fully saturated rings. The summed E-state index contributed by atoms with van der Waals surface area (Å²) in [5.74, 6) is 0.543. The zero-order valence-corrected chi connectivity index (χ0v) is 12.7. The van der Waals surface area contributed by atoms with E-state index in [1.807, 2.05) is 0 Å². The predicted octanol–water partition coefficient (Wildman–Crippen LogP) is 3.19. The molecule has 0 aromatic heterocycles. The third kappa shape index (κ3) is 3.63. The van der Waals surface area contributed by atoms with E-state index in [-0.39, 0.29) is 5.82 Å². The third-order valence-electron chi connectivity index (χ3n) is 4.09. The number of nitrogens with one attached hydrogen (secondary N) is 1. The van der Waals surface area contributed by atoms with Crippen LogP contribution < -0.4 is 15.0 Å². The summed E-state index contributed by atoms with van der Waals surface area (Å²) < 4.78 is 19.3. The molecule has 0 spiro atoms. The Morgan fingerprint density at radius 1 is 1.35 bits per heavy atom. The summed E-state index contributed by atoms with van der Waals surface area (Å²) in [6.07, 6.45) is 3.17. The van der Waals surface area contributed by atoms with Crippen LogP contribution in [0.5, 0.6) is 5.75 Å². The van der Waals surface area contributed by atoms with Crippen molar-refractivity contribution < 1.29 is 9.13 Å². The normalized spacial score (nSPS) is 24.1. The molecule has 1 heterocycles. The molecule has 4 heteroatoms. The molecule has 1 aliphatic rings. The molecule has 0 amide bonds. The first kappa shape index (κ1) is 15.1. The van der Waals surface area contributed by atoms with Gasteiger partial charge in [-0.1, -0.05) is 6.92 Å². The molecule has 0 radical (unpaired) electrons. The first-order chi connectivity index (χ1) is 9.63. The van der Waals surface area contributed by atoms with Crippen LogP contribution in [0.3, 0.4) is 0 Å². The van der Waals surface area contributed by atoms with Gasteiger partial charge >= 0.3 is 0 Å². The summed E-state index contributed by atoms with van der Waals surface area (Å²) in [4.78, 5) is 2.15. The molecule has 1 saturated heterocycles. The first-order valence-corrected chi connectivity index (χ1v) is 7.48. The fraction of sp³-hybridized carbons (Fsp3) is 0.625. The van der Waals surface area contributed by atoms with Crippen LogP contribution >= 0.6 is 0 Å². The van der Waals surface area contributed by atoms with Gasteiger partial charge in [0.05, 0.1) is 12.8 Å². The number of ether oxygens (including phenoxy) is 1. The van der Waals surface area contributed by atoms with Crippen molar-refractivity contribution in [3.8, 4) is 5.75 Å². The molecule has 1 aliphatic heterocycles. The lowest BCUT2D eigenvalue weighted by Gasteiger charge is -2.33. The second kappa shape index (κ2) is 6.93. The number of rotatable bonds is 3. The Labute approximate surface area is 121 Å². The van der Waals surface area contributed by atoms with Gasteiger partial charge in [0.2, 0.25) is 0 Å². The molecule has 0 bridgehead atoms. The summed E-state index contributed by atoms with van der Waals surface area (Å²) in [5.41, 5.74) is 0.660. The standard InChI is InChI=1S/C16H25FN2O/c1-4-13-8-10-19(9-7-12(2)18-13)16-11-14(20-3)5-6-15(16)17/h5-6,11-13,18H,4,7-10H2,1-3H3. The van der Waals surface area contributed by atoms with Crippen molar-refractivity contribution in [1.29, 1.82) is 0 Å². The maximum absolute atomic E-state index is 14.1. The maximum atomic E-state index is 14.1. The molecular weight excluding hydrogens is 255 g/mol. The highest BCUT2D eigenvalue weighted by Gasteiger charge is 2.20. The Kier molecular flexibility index (Phi) is 5.24. The van der Waals surface area contributed by atoms with Gasteiger partial charge in [0.25, 0.3) is 0 Å². The van der Waals surface area contributed by atoms with Crippen molar-refractivity contribution >= 4 is 5.69 Å². The van der Waals surface area contributed by atoms with Gasteiger partial charge in [0.15, 0.2) is 0 Å². The van der Waals surface area contributed by atoms with Gasteiger partial charge in [-0.3, -0.25) is 0 Å². The van der Waals surface area contributed by atoms with Gasteiger partial charge < -0.3 is 15.0 Å². The minimum Gasteiger partial charge on any atom is -0.497 e. The molecular formula is C16H25FN2O. The lowest BCUT2D eigenvalue weighted by molar-refractivity contribution is 0.377. The van der Waals surface area contributed by atoms with Crippen LogP contribution in [0.1, 0.15) is 33.1 Å². The Morgan fingerprint density at radius 3 is 2.80 bits per heavy atom. The Morgan fingerprint density at radius 2 is 2.10 bits per heavy atom. The molecule has 1 aromatic carbocycles. The van der Waals surface area contributed by atoms with E-state index in [1.54, 1.807) is 19.2 Å². The fourth-order valence-electron chi connectivity index (χ4n) is 2.77. The molecule has 2 atom stereocenters. The Bertz CT molecular complexity index is 438. The molecule has 20 heavy (non-hydrogen) atoms. The molecule has 2 rings (SSSR count). The average Bonchev–Trinajstić information content (AvgIpc) is 2.44. The van der Waals surface area contributed by atoms with E-state index in [0.717, 1.165) is 32.4 Å². The van der Waals surface area contributed by atoms with Crippen LogP contribution in [0.2, 0.25) is 0 Å². The van der Waals surface area contributed by atoms with Crippen LogP contribution in [-0.4, -0.2) is 32.3 Å². The smallest absolute Gasteiger partial charge is 0.146 e. The highest BCUT2D eigenvalue weighted by molar-refractivity contribution is 5.52. The number of anilines is 1. The topological polar surface area (TPSA) is 24.5 Å². The largest absolute Gasteiger partial charge is 0.497 e. The molecule has 0 saturated carbocycles. The maximum Gasteiger partial charge on any atom is 0.146 e. The van der Waals surface area contributed by atoms with Crippen LogP contribution in [0.25, 0.3) is 0 Å². The van der Waals surface area contributed by atoms with Crippen molar-refractivity contribution in [3.05, 3.63) is 24.0 Å². The van der Waals surface area contributed by atoms with Crippen LogP contribution in [0, 0.1) is 5.82 Å². The van der Waals surface area contributed by atoms with E-state index in [4.69, 9.17) is 4.74 Å². The molecule has 0 aliphatic carbocycles. The lowest BCUT2D eigenvalue weighted by atomic mass is 10.0. The summed E-state index contributed by atoms with van der Waals surface area (Å²) >= 11 is 0. The molecule has 1 N–H and O–H groups in total. The number of nitrogens with zero attached hydrogens (tertiary/aromatic N) is 1. The van der Waals surface area contributed by atoms with E-state index in [2.05, 4.69) is 24.1 Å². The van der Waals surface area contributed by atoms with Crippen molar-refractivity contribution in [2.24, 2.45) is 0 Å². The molecule has 1 aromatic rings. The monoisotopic (exact) mass is 280 g/mol. The minimum absolute atomic E-state index is 0.167. The van der Waals surface area contributed by atoms with E-state index in [9.17, 15) is 4.39 Å². The number of methoxy groups -OCH3 is 1. The summed E-state index contributed by atoms with van der Waals surface area (Å²) in [6.45, 7) is 6.15. The quantitative estimate of drug-likeness (QED) is 0.920. The lowest BCUT2D eigenvalue weighted by Crippen LogP contribution is -2.44. The second-order valence-electron chi connectivity index (χ2n) is 5.55. The predicted molar refractivity (Wildman–Crippen MR) is 81.1 cm³/mol. The van der Waals surface area contributed by atoms with Gasteiger partial charge in [0.1, 0.15) is 11.6 Å². The van der Waals surface area contributed by atoms with Gasteiger partial charge in [0, 0.05) is 31.2 Å². The highest BCUT2D eigenvalue weighted by atomic mass is 19.1. The summed E-state index contributed by atoms with van der Waals surface area (Å²) in [5, 5.41) is 3.63. The SMILES string of the molecule is CCC1CCN(c2cc(OC)ccc2F)CCC(C)N1. The van der Waals surface area contributed by atoms with Crippen molar-refractivity contribution in [3.63, 3.8) is 0 Å². The van der Waals surface area contributed by atoms with Crippen LogP contribution in [0.4, 0.5) is 10.1 Å². The van der Waals surface area contributed by atoms with Crippen molar-refractivity contribution in [1.82, 2.24) is 5.32 Å². The number of halogens is 1. The van der Waals surface area contributed by atoms with Gasteiger partial charge in [-0.2, -0.15) is 0 Å². The fourth-order valence-corrected chi connectivity index (χ4v) is 2.77. The van der Waals surface area contributed by atoms with Crippen LogP contribution in [-0.2, 0) is 0 Å². The van der Waals surface area contributed by atoms with Gasteiger partial charge in [-0.05, 0) is 38.3 Å². The van der Waals surface area contributed by atoms with E-state index in [0.29, 0.717) is 23.5 Å². The zero-order valence-electron chi connectivity index (χ0n) is 12.7. The Balaban J connectivity index is 2.17.